The van der Waals surface area contributed by atoms with Crippen LogP contribution in [-0.2, 0) is 6.42 Å². The number of rotatable bonds is 1. The molecule has 0 unspecified atom stereocenters. The second-order valence-electron chi connectivity index (χ2n) is 3.60. The maximum absolute atomic E-state index is 12.1. The molecule has 0 aliphatic heterocycles. The van der Waals surface area contributed by atoms with Gasteiger partial charge in [-0.25, -0.2) is 0 Å². The molecule has 2 nitrogen and oxygen atoms in total. The first-order valence-electron chi connectivity index (χ1n) is 4.94. The summed E-state index contributed by atoms with van der Waals surface area (Å²) in [5.74, 6) is 0. The van der Waals surface area contributed by atoms with Gasteiger partial charge in [0.25, 0.3) is 0 Å². The van der Waals surface area contributed by atoms with Crippen LogP contribution in [0.15, 0.2) is 27.5 Å². The van der Waals surface area contributed by atoms with Gasteiger partial charge in [0.05, 0.1) is 0 Å². The summed E-state index contributed by atoms with van der Waals surface area (Å²) in [5.41, 5.74) is 2.89. The molecule has 0 saturated carbocycles. The summed E-state index contributed by atoms with van der Waals surface area (Å²) in [5, 5.41) is 0.756. The van der Waals surface area contributed by atoms with Crippen molar-refractivity contribution in [3.63, 3.8) is 0 Å². The molecule has 1 aromatic heterocycles. The van der Waals surface area contributed by atoms with Crippen molar-refractivity contribution < 1.29 is 0 Å². The molecule has 0 atom stereocenters. The number of hydrogen-bond donors (Lipinski definition) is 1. The van der Waals surface area contributed by atoms with Crippen LogP contribution in [0.4, 0.5) is 0 Å². The van der Waals surface area contributed by atoms with Crippen LogP contribution in [0, 0.1) is 6.92 Å². The molecule has 0 aliphatic carbocycles. The largest absolute Gasteiger partial charge is 0.358 e. The molecule has 3 heteroatoms. The molecular formula is C12H12BrNO. The third-order valence-electron chi connectivity index (χ3n) is 2.63. The second-order valence-corrected chi connectivity index (χ2v) is 4.52. The summed E-state index contributed by atoms with van der Waals surface area (Å²) in [7, 11) is 0. The third-order valence-corrected chi connectivity index (χ3v) is 3.12. The minimum atomic E-state index is 0.144. The Morgan fingerprint density at radius 3 is 2.80 bits per heavy atom. The fraction of sp³-hybridized carbons (Fsp3) is 0.250. The summed E-state index contributed by atoms with van der Waals surface area (Å²) in [6, 6.07) is 5.73. The molecule has 15 heavy (non-hydrogen) atoms. The molecular weight excluding hydrogens is 254 g/mol. The van der Waals surface area contributed by atoms with E-state index in [4.69, 9.17) is 0 Å². The Morgan fingerprint density at radius 1 is 1.40 bits per heavy atom. The molecule has 2 aromatic rings. The highest BCUT2D eigenvalue weighted by Crippen LogP contribution is 2.17. The Labute approximate surface area is 96.5 Å². The first-order chi connectivity index (χ1) is 7.13. The third kappa shape index (κ3) is 1.72. The van der Waals surface area contributed by atoms with Crippen molar-refractivity contribution in [2.24, 2.45) is 0 Å². The highest BCUT2D eigenvalue weighted by Gasteiger charge is 2.07. The fourth-order valence-electron chi connectivity index (χ4n) is 1.85. The van der Waals surface area contributed by atoms with E-state index in [1.54, 1.807) is 0 Å². The van der Waals surface area contributed by atoms with Crippen molar-refractivity contribution in [3.8, 4) is 0 Å². The van der Waals surface area contributed by atoms with Gasteiger partial charge < -0.3 is 4.98 Å². The molecule has 0 bridgehead atoms. The first-order valence-corrected chi connectivity index (χ1v) is 5.73. The lowest BCUT2D eigenvalue weighted by Crippen LogP contribution is -2.12. The van der Waals surface area contributed by atoms with E-state index in [0.29, 0.717) is 0 Å². The maximum atomic E-state index is 12.1. The molecule has 0 radical (unpaired) electrons. The van der Waals surface area contributed by atoms with Gasteiger partial charge in [0.2, 0.25) is 0 Å². The summed E-state index contributed by atoms with van der Waals surface area (Å²) in [6.45, 7) is 3.95. The summed E-state index contributed by atoms with van der Waals surface area (Å²) in [6.07, 6.45) is 0.767. The highest BCUT2D eigenvalue weighted by molar-refractivity contribution is 9.10. The second kappa shape index (κ2) is 3.81. The van der Waals surface area contributed by atoms with E-state index < -0.39 is 0 Å². The number of fused-ring (bicyclic) bond motifs is 1. The maximum Gasteiger partial charge on any atom is 0.192 e. The van der Waals surface area contributed by atoms with E-state index in [0.717, 1.165) is 33.1 Å². The van der Waals surface area contributed by atoms with E-state index in [1.807, 2.05) is 32.0 Å². The molecule has 1 N–H and O–H groups in total. The van der Waals surface area contributed by atoms with E-state index in [1.165, 1.54) is 0 Å². The van der Waals surface area contributed by atoms with Crippen LogP contribution in [-0.4, -0.2) is 4.98 Å². The zero-order valence-electron chi connectivity index (χ0n) is 8.73. The van der Waals surface area contributed by atoms with Gasteiger partial charge in [-0.05, 0) is 31.5 Å². The van der Waals surface area contributed by atoms with Crippen LogP contribution in [0.2, 0.25) is 0 Å². The van der Waals surface area contributed by atoms with E-state index in [9.17, 15) is 4.79 Å². The SMILES string of the molecule is CCc1c(C)[nH]c2ccc(Br)cc2c1=O. The number of H-pyrrole nitrogens is 1. The van der Waals surface area contributed by atoms with Gasteiger partial charge in [-0.3, -0.25) is 4.79 Å². The smallest absolute Gasteiger partial charge is 0.192 e. The van der Waals surface area contributed by atoms with Crippen LogP contribution >= 0.6 is 15.9 Å². The lowest BCUT2D eigenvalue weighted by atomic mass is 10.1. The molecule has 78 valence electrons. The molecule has 1 aromatic carbocycles. The quantitative estimate of drug-likeness (QED) is 0.844. The van der Waals surface area contributed by atoms with Crippen molar-refractivity contribution >= 4 is 26.8 Å². The first kappa shape index (κ1) is 10.4. The Balaban J connectivity index is 2.92. The average Bonchev–Trinajstić information content (AvgIpc) is 2.20. The van der Waals surface area contributed by atoms with Gasteiger partial charge in [0.1, 0.15) is 0 Å². The van der Waals surface area contributed by atoms with Crippen molar-refractivity contribution in [3.05, 3.63) is 44.2 Å². The number of pyridine rings is 1. The summed E-state index contributed by atoms with van der Waals surface area (Å²) in [4.78, 5) is 15.3. The predicted molar refractivity (Wildman–Crippen MR) is 66.4 cm³/mol. The van der Waals surface area contributed by atoms with Gasteiger partial charge in [-0.15, -0.1) is 0 Å². The van der Waals surface area contributed by atoms with Crippen LogP contribution in [0.1, 0.15) is 18.2 Å². The van der Waals surface area contributed by atoms with Crippen molar-refractivity contribution in [2.45, 2.75) is 20.3 Å². The van der Waals surface area contributed by atoms with Crippen LogP contribution in [0.25, 0.3) is 10.9 Å². The lowest BCUT2D eigenvalue weighted by molar-refractivity contribution is 1.05. The standard InChI is InChI=1S/C12H12BrNO/c1-3-9-7(2)14-11-5-4-8(13)6-10(11)12(9)15/h4-6H,3H2,1-2H3,(H,14,15). The van der Waals surface area contributed by atoms with Gasteiger partial charge in [-0.2, -0.15) is 0 Å². The average molecular weight is 266 g/mol. The Kier molecular flexibility index (Phi) is 2.65. The van der Waals surface area contributed by atoms with E-state index in [2.05, 4.69) is 20.9 Å². The number of aromatic amines is 1. The predicted octanol–water partition coefficient (Wildman–Crippen LogP) is 3.16. The van der Waals surface area contributed by atoms with Crippen LogP contribution in [0.5, 0.6) is 0 Å². The van der Waals surface area contributed by atoms with Crippen LogP contribution in [0.3, 0.4) is 0 Å². The zero-order chi connectivity index (χ0) is 11.0. The van der Waals surface area contributed by atoms with Crippen molar-refractivity contribution in [2.75, 3.05) is 0 Å². The lowest BCUT2D eigenvalue weighted by Gasteiger charge is -2.06. The molecule has 0 aliphatic rings. The Morgan fingerprint density at radius 2 is 2.13 bits per heavy atom. The number of nitrogens with one attached hydrogen (secondary N) is 1. The van der Waals surface area contributed by atoms with Gasteiger partial charge in [0.15, 0.2) is 5.43 Å². The van der Waals surface area contributed by atoms with E-state index in [-0.39, 0.29) is 5.43 Å². The monoisotopic (exact) mass is 265 g/mol. The molecule has 0 fully saturated rings. The van der Waals surface area contributed by atoms with Gasteiger partial charge in [-0.1, -0.05) is 22.9 Å². The number of hydrogen-bond acceptors (Lipinski definition) is 1. The molecule has 2 rings (SSSR count). The molecule has 0 spiro atoms. The van der Waals surface area contributed by atoms with Crippen molar-refractivity contribution in [1.82, 2.24) is 4.98 Å². The topological polar surface area (TPSA) is 32.9 Å². The fourth-order valence-corrected chi connectivity index (χ4v) is 2.21. The number of benzene rings is 1. The van der Waals surface area contributed by atoms with Crippen LogP contribution < -0.4 is 5.43 Å². The number of halogens is 1. The molecule has 0 amide bonds. The zero-order valence-corrected chi connectivity index (χ0v) is 10.3. The Hall–Kier alpha value is -1.09. The van der Waals surface area contributed by atoms with Gasteiger partial charge in [0, 0.05) is 26.6 Å². The number of aromatic nitrogens is 1. The minimum Gasteiger partial charge on any atom is -0.358 e. The number of aryl methyl sites for hydroxylation is 1. The summed E-state index contributed by atoms with van der Waals surface area (Å²) < 4.78 is 0.936. The van der Waals surface area contributed by atoms with Crippen molar-refractivity contribution in [1.29, 1.82) is 0 Å². The normalized spacial score (nSPS) is 10.9. The van der Waals surface area contributed by atoms with Gasteiger partial charge >= 0.3 is 0 Å². The molecule has 1 heterocycles. The minimum absolute atomic E-state index is 0.144. The highest BCUT2D eigenvalue weighted by atomic mass is 79.9. The summed E-state index contributed by atoms with van der Waals surface area (Å²) >= 11 is 3.38. The molecule has 0 saturated heterocycles. The van der Waals surface area contributed by atoms with E-state index >= 15 is 0 Å². The Bertz CT molecular complexity index is 572.